The van der Waals surface area contributed by atoms with E-state index < -0.39 is 17.4 Å². The lowest BCUT2D eigenvalue weighted by Gasteiger charge is -2.47. The molecule has 2 fully saturated rings. The molecule has 4 heterocycles. The topological polar surface area (TPSA) is 69.6 Å². The van der Waals surface area contributed by atoms with Crippen LogP contribution in [-0.2, 0) is 24.5 Å². The molecule has 11 heteroatoms. The van der Waals surface area contributed by atoms with Gasteiger partial charge in [-0.25, -0.2) is 4.79 Å². The van der Waals surface area contributed by atoms with Crippen LogP contribution >= 0.6 is 0 Å². The summed E-state index contributed by atoms with van der Waals surface area (Å²) in [5.74, 6) is 1.41. The number of hydrogen-bond donors (Lipinski definition) is 0. The van der Waals surface area contributed by atoms with Gasteiger partial charge in [0.2, 0.25) is 0 Å². The van der Waals surface area contributed by atoms with Gasteiger partial charge in [-0.1, -0.05) is 19.1 Å². The summed E-state index contributed by atoms with van der Waals surface area (Å²) in [6.45, 7) is 6.28. The van der Waals surface area contributed by atoms with Crippen LogP contribution in [0.25, 0.3) is 11.2 Å². The number of likely N-dealkylation sites (tertiary alicyclic amines) is 1. The van der Waals surface area contributed by atoms with Crippen LogP contribution in [-0.4, -0.2) is 54.4 Å². The molecule has 0 spiro atoms. The number of alkyl halides is 3. The first-order chi connectivity index (χ1) is 20.0. The molecule has 4 aromatic rings. The number of rotatable bonds is 7. The quantitative estimate of drug-likeness (QED) is 0.291. The Morgan fingerprint density at radius 1 is 1.19 bits per heavy atom. The van der Waals surface area contributed by atoms with Gasteiger partial charge in [-0.05, 0) is 80.3 Å². The van der Waals surface area contributed by atoms with E-state index in [4.69, 9.17) is 4.74 Å². The van der Waals surface area contributed by atoms with Crippen molar-refractivity contribution in [2.24, 2.45) is 18.9 Å². The molecule has 224 valence electrons. The largest absolute Gasteiger partial charge is 0.418 e. The number of nitrogens with zero attached hydrogens (tertiary/aromatic N) is 6. The molecular weight excluding hydrogens is 545 g/mol. The fraction of sp³-hybridized carbons (Fsp3) is 0.516. The monoisotopic (exact) mass is 582 g/mol. The Morgan fingerprint density at radius 3 is 2.64 bits per heavy atom. The maximum atomic E-state index is 14.3. The van der Waals surface area contributed by atoms with Crippen LogP contribution < -0.4 is 5.69 Å². The third kappa shape index (κ3) is 5.28. The van der Waals surface area contributed by atoms with E-state index in [9.17, 15) is 18.0 Å². The highest BCUT2D eigenvalue weighted by molar-refractivity contribution is 5.58. The molecule has 42 heavy (non-hydrogen) atoms. The minimum absolute atomic E-state index is 0.113. The van der Waals surface area contributed by atoms with Gasteiger partial charge < -0.3 is 9.30 Å². The molecule has 1 saturated heterocycles. The van der Waals surface area contributed by atoms with Crippen molar-refractivity contribution in [2.75, 3.05) is 20.2 Å². The third-order valence-corrected chi connectivity index (χ3v) is 9.16. The van der Waals surface area contributed by atoms with E-state index in [-0.39, 0.29) is 23.0 Å². The fourth-order valence-corrected chi connectivity index (χ4v) is 6.96. The summed E-state index contributed by atoms with van der Waals surface area (Å²) in [7, 11) is 3.61. The Morgan fingerprint density at radius 2 is 1.98 bits per heavy atom. The smallest absolute Gasteiger partial charge is 0.379 e. The van der Waals surface area contributed by atoms with Crippen LogP contribution in [0, 0.1) is 11.8 Å². The third-order valence-electron chi connectivity index (χ3n) is 9.16. The number of aromatic nitrogens is 5. The first-order valence-corrected chi connectivity index (χ1v) is 14.5. The van der Waals surface area contributed by atoms with Crippen molar-refractivity contribution in [1.82, 2.24) is 28.6 Å². The molecule has 8 nitrogen and oxygen atoms in total. The zero-order chi connectivity index (χ0) is 29.8. The molecule has 0 N–H and O–H groups in total. The molecule has 3 aromatic heterocycles. The SMILES string of the molecule is CO[C@]1(C)C[C@H]([C@H](c2cccc(-n3cc4c(C(F)(F)F)cc(CN5CCC[C@H](C)C5)cn4c3=O)c2)c2nncn2C)C1. The van der Waals surface area contributed by atoms with Gasteiger partial charge >= 0.3 is 11.9 Å². The van der Waals surface area contributed by atoms with Crippen molar-refractivity contribution in [3.8, 4) is 5.69 Å². The van der Waals surface area contributed by atoms with Gasteiger partial charge in [0.15, 0.2) is 0 Å². The normalized spacial score (nSPS) is 24.2. The van der Waals surface area contributed by atoms with E-state index in [1.807, 2.05) is 29.8 Å². The molecule has 1 aliphatic heterocycles. The first-order valence-electron chi connectivity index (χ1n) is 14.5. The minimum Gasteiger partial charge on any atom is -0.379 e. The number of fused-ring (bicyclic) bond motifs is 1. The van der Waals surface area contributed by atoms with Crippen LogP contribution in [0.2, 0.25) is 0 Å². The van der Waals surface area contributed by atoms with E-state index in [1.165, 1.54) is 16.8 Å². The molecule has 0 radical (unpaired) electrons. The van der Waals surface area contributed by atoms with E-state index in [1.54, 1.807) is 25.7 Å². The van der Waals surface area contributed by atoms with Crippen molar-refractivity contribution >= 4 is 5.52 Å². The number of piperidine rings is 1. The number of ether oxygens (including phenoxy) is 1. The number of aryl methyl sites for hydroxylation is 1. The van der Waals surface area contributed by atoms with Gasteiger partial charge in [0.1, 0.15) is 12.2 Å². The van der Waals surface area contributed by atoms with Crippen LogP contribution in [0.5, 0.6) is 0 Å². The zero-order valence-corrected chi connectivity index (χ0v) is 24.4. The standard InChI is InChI=1S/C31H37F3N6O2/c1-20-7-6-10-38(15-20)16-21-11-25(31(32,33)34)26-18-39(29(41)40(26)17-21)24-9-5-8-22(12-24)27(28-36-35-19-37(28)3)23-13-30(2,14-23)42-4/h5,8-9,11-12,17-20,23,27H,6-7,10,13-16H2,1-4H3/t20-,23-,27-,30+/m0/s1. The molecule has 1 aliphatic carbocycles. The molecule has 2 atom stereocenters. The molecule has 0 unspecified atom stereocenters. The first kappa shape index (κ1) is 28.7. The van der Waals surface area contributed by atoms with Crippen LogP contribution in [0.1, 0.15) is 68.0 Å². The van der Waals surface area contributed by atoms with Crippen molar-refractivity contribution in [3.05, 3.63) is 82.1 Å². The number of imidazole rings is 1. The lowest BCUT2D eigenvalue weighted by molar-refractivity contribution is -0.136. The Hall–Kier alpha value is -3.44. The molecule has 6 rings (SSSR count). The maximum absolute atomic E-state index is 14.3. The van der Waals surface area contributed by atoms with Crippen molar-refractivity contribution in [3.63, 3.8) is 0 Å². The van der Waals surface area contributed by atoms with Gasteiger partial charge in [-0.3, -0.25) is 13.9 Å². The number of pyridine rings is 1. The molecular formula is C31H37F3N6O2. The van der Waals surface area contributed by atoms with E-state index in [0.29, 0.717) is 23.7 Å². The van der Waals surface area contributed by atoms with E-state index >= 15 is 0 Å². The summed E-state index contributed by atoms with van der Waals surface area (Å²) in [5.41, 5.74) is 0.189. The number of hydrogen-bond acceptors (Lipinski definition) is 5. The molecule has 2 aliphatic rings. The highest BCUT2D eigenvalue weighted by atomic mass is 19.4. The summed E-state index contributed by atoms with van der Waals surface area (Å²) in [6.07, 6.45) is 3.72. The number of halogens is 3. The van der Waals surface area contributed by atoms with Gasteiger partial charge in [0, 0.05) is 45.6 Å². The predicted molar refractivity (Wildman–Crippen MR) is 153 cm³/mol. The summed E-state index contributed by atoms with van der Waals surface area (Å²) in [4.78, 5) is 15.9. The van der Waals surface area contributed by atoms with Crippen molar-refractivity contribution in [2.45, 2.75) is 63.8 Å². The Bertz CT molecular complexity index is 1650. The van der Waals surface area contributed by atoms with Gasteiger partial charge in [0.25, 0.3) is 0 Å². The maximum Gasteiger partial charge on any atom is 0.418 e. The van der Waals surface area contributed by atoms with Crippen LogP contribution in [0.15, 0.2) is 53.8 Å². The van der Waals surface area contributed by atoms with Crippen molar-refractivity contribution < 1.29 is 17.9 Å². The van der Waals surface area contributed by atoms with Gasteiger partial charge in [-0.2, -0.15) is 13.2 Å². The second kappa shape index (κ2) is 10.7. The highest BCUT2D eigenvalue weighted by Gasteiger charge is 2.46. The summed E-state index contributed by atoms with van der Waals surface area (Å²) in [6, 6.07) is 8.64. The highest BCUT2D eigenvalue weighted by Crippen LogP contribution is 2.49. The lowest BCUT2D eigenvalue weighted by Crippen LogP contribution is -2.45. The number of methoxy groups -OCH3 is 1. The van der Waals surface area contributed by atoms with Gasteiger partial charge in [-0.15, -0.1) is 10.2 Å². The summed E-state index contributed by atoms with van der Waals surface area (Å²) in [5, 5.41) is 8.48. The van der Waals surface area contributed by atoms with Crippen LogP contribution in [0.4, 0.5) is 13.2 Å². The van der Waals surface area contributed by atoms with Gasteiger partial charge in [0.05, 0.1) is 22.4 Å². The Kier molecular flexibility index (Phi) is 7.29. The second-order valence-corrected chi connectivity index (χ2v) is 12.5. The Labute approximate surface area is 242 Å². The fourth-order valence-electron chi connectivity index (χ4n) is 6.96. The van der Waals surface area contributed by atoms with E-state index in [2.05, 4.69) is 28.9 Å². The zero-order valence-electron chi connectivity index (χ0n) is 24.4. The average Bonchev–Trinajstić information content (AvgIpc) is 3.50. The Balaban J connectivity index is 1.41. The van der Waals surface area contributed by atoms with Crippen molar-refractivity contribution in [1.29, 1.82) is 0 Å². The second-order valence-electron chi connectivity index (χ2n) is 12.5. The average molecular weight is 583 g/mol. The minimum atomic E-state index is -4.61. The molecule has 0 amide bonds. The summed E-state index contributed by atoms with van der Waals surface area (Å²) < 4.78 is 53.0. The van der Waals surface area contributed by atoms with Crippen LogP contribution in [0.3, 0.4) is 0 Å². The predicted octanol–water partition coefficient (Wildman–Crippen LogP) is 5.42. The summed E-state index contributed by atoms with van der Waals surface area (Å²) >= 11 is 0. The lowest BCUT2D eigenvalue weighted by atomic mass is 9.64. The molecule has 1 saturated carbocycles. The number of benzene rings is 1. The molecule has 0 bridgehead atoms. The molecule has 1 aromatic carbocycles. The van der Waals surface area contributed by atoms with E-state index in [0.717, 1.165) is 54.6 Å².